The van der Waals surface area contributed by atoms with E-state index in [9.17, 15) is 0 Å². The molecule has 0 aliphatic heterocycles. The van der Waals surface area contributed by atoms with Gasteiger partial charge in [0.2, 0.25) is 0 Å². The van der Waals surface area contributed by atoms with Crippen molar-refractivity contribution >= 4 is 0 Å². The van der Waals surface area contributed by atoms with Gasteiger partial charge in [-0.25, -0.2) is 0 Å². The highest BCUT2D eigenvalue weighted by Gasteiger charge is 2.03. The number of unbranched alkanes of at least 4 members (excludes halogenated alkanes) is 2. The van der Waals surface area contributed by atoms with Crippen LogP contribution in [0.3, 0.4) is 0 Å². The molecule has 1 aromatic carbocycles. The second kappa shape index (κ2) is 7.15. The van der Waals surface area contributed by atoms with E-state index in [0.29, 0.717) is 6.10 Å². The van der Waals surface area contributed by atoms with Crippen LogP contribution in [0.2, 0.25) is 0 Å². The first-order valence-corrected chi connectivity index (χ1v) is 6.07. The Kier molecular flexibility index (Phi) is 5.76. The van der Waals surface area contributed by atoms with E-state index < -0.39 is 0 Å². The smallest absolute Gasteiger partial charge is 0.119 e. The van der Waals surface area contributed by atoms with Gasteiger partial charge in [0.25, 0.3) is 0 Å². The molecular formula is C14H22O2. The topological polar surface area (TPSA) is 18.5 Å². The molecule has 0 spiro atoms. The molecule has 16 heavy (non-hydrogen) atoms. The van der Waals surface area contributed by atoms with E-state index in [1.807, 2.05) is 24.3 Å². The van der Waals surface area contributed by atoms with Crippen LogP contribution < -0.4 is 9.47 Å². The van der Waals surface area contributed by atoms with E-state index in [0.717, 1.165) is 17.9 Å². The molecule has 2 nitrogen and oxygen atoms in total. The lowest BCUT2D eigenvalue weighted by Crippen LogP contribution is -2.11. The van der Waals surface area contributed by atoms with Gasteiger partial charge in [-0.05, 0) is 44.0 Å². The highest BCUT2D eigenvalue weighted by Crippen LogP contribution is 2.19. The number of methoxy groups -OCH3 is 1. The van der Waals surface area contributed by atoms with Gasteiger partial charge in [0.05, 0.1) is 13.2 Å². The summed E-state index contributed by atoms with van der Waals surface area (Å²) in [5.74, 6) is 1.79. The van der Waals surface area contributed by atoms with Crippen molar-refractivity contribution in [3.05, 3.63) is 24.3 Å². The largest absolute Gasteiger partial charge is 0.497 e. The van der Waals surface area contributed by atoms with Crippen LogP contribution in [-0.4, -0.2) is 13.2 Å². The summed E-state index contributed by atoms with van der Waals surface area (Å²) in [5, 5.41) is 0. The summed E-state index contributed by atoms with van der Waals surface area (Å²) in [4.78, 5) is 0. The number of hydrogen-bond acceptors (Lipinski definition) is 2. The third kappa shape index (κ3) is 4.56. The summed E-state index contributed by atoms with van der Waals surface area (Å²) in [6, 6.07) is 7.76. The molecule has 90 valence electrons. The van der Waals surface area contributed by atoms with Gasteiger partial charge in [0, 0.05) is 0 Å². The van der Waals surface area contributed by atoms with Crippen molar-refractivity contribution in [3.63, 3.8) is 0 Å². The second-order valence-corrected chi connectivity index (χ2v) is 4.10. The third-order valence-corrected chi connectivity index (χ3v) is 2.61. The first-order valence-electron chi connectivity index (χ1n) is 6.07. The summed E-state index contributed by atoms with van der Waals surface area (Å²) in [6.07, 6.45) is 5.21. The van der Waals surface area contributed by atoms with E-state index in [-0.39, 0.29) is 0 Å². The Balaban J connectivity index is 2.34. The SMILES string of the molecule is CCCCCC(C)Oc1ccc(OC)cc1. The van der Waals surface area contributed by atoms with Crippen molar-refractivity contribution in [1.29, 1.82) is 0 Å². The average Bonchev–Trinajstić information content (AvgIpc) is 2.30. The highest BCUT2D eigenvalue weighted by atomic mass is 16.5. The number of benzene rings is 1. The summed E-state index contributed by atoms with van der Waals surface area (Å²) in [7, 11) is 1.67. The van der Waals surface area contributed by atoms with Gasteiger partial charge in [-0.3, -0.25) is 0 Å². The predicted molar refractivity (Wildman–Crippen MR) is 67.2 cm³/mol. The first kappa shape index (κ1) is 12.9. The van der Waals surface area contributed by atoms with E-state index in [1.54, 1.807) is 7.11 Å². The molecule has 1 rings (SSSR count). The third-order valence-electron chi connectivity index (χ3n) is 2.61. The molecule has 0 bridgehead atoms. The van der Waals surface area contributed by atoms with Crippen LogP contribution >= 0.6 is 0 Å². The van der Waals surface area contributed by atoms with Crippen molar-refractivity contribution in [2.24, 2.45) is 0 Å². The van der Waals surface area contributed by atoms with Gasteiger partial charge in [0.15, 0.2) is 0 Å². The fourth-order valence-electron chi connectivity index (χ4n) is 1.63. The van der Waals surface area contributed by atoms with Crippen molar-refractivity contribution in [2.45, 2.75) is 45.6 Å². The van der Waals surface area contributed by atoms with E-state index >= 15 is 0 Å². The molecule has 0 radical (unpaired) electrons. The van der Waals surface area contributed by atoms with Gasteiger partial charge < -0.3 is 9.47 Å². The van der Waals surface area contributed by atoms with Crippen LogP contribution in [0.4, 0.5) is 0 Å². The molecule has 0 saturated heterocycles. The predicted octanol–water partition coefficient (Wildman–Crippen LogP) is 4.04. The maximum Gasteiger partial charge on any atom is 0.119 e. The van der Waals surface area contributed by atoms with E-state index in [1.165, 1.54) is 19.3 Å². The van der Waals surface area contributed by atoms with Gasteiger partial charge in [-0.1, -0.05) is 19.8 Å². The lowest BCUT2D eigenvalue weighted by molar-refractivity contribution is 0.206. The van der Waals surface area contributed by atoms with Crippen LogP contribution in [0.25, 0.3) is 0 Å². The minimum absolute atomic E-state index is 0.292. The molecule has 1 unspecified atom stereocenters. The minimum atomic E-state index is 0.292. The van der Waals surface area contributed by atoms with Gasteiger partial charge in [-0.2, -0.15) is 0 Å². The fourth-order valence-corrected chi connectivity index (χ4v) is 1.63. The zero-order valence-corrected chi connectivity index (χ0v) is 10.5. The second-order valence-electron chi connectivity index (χ2n) is 4.10. The van der Waals surface area contributed by atoms with Crippen LogP contribution in [0.15, 0.2) is 24.3 Å². The summed E-state index contributed by atoms with van der Waals surface area (Å²) < 4.78 is 10.9. The Labute approximate surface area is 98.6 Å². The maximum absolute atomic E-state index is 5.80. The van der Waals surface area contributed by atoms with Crippen molar-refractivity contribution < 1.29 is 9.47 Å². The molecule has 0 N–H and O–H groups in total. The molecule has 0 amide bonds. The number of hydrogen-bond donors (Lipinski definition) is 0. The lowest BCUT2D eigenvalue weighted by atomic mass is 10.1. The molecule has 1 aromatic rings. The quantitative estimate of drug-likeness (QED) is 0.648. The average molecular weight is 222 g/mol. The Bertz CT molecular complexity index is 279. The normalized spacial score (nSPS) is 12.2. The Morgan fingerprint density at radius 3 is 2.25 bits per heavy atom. The fraction of sp³-hybridized carbons (Fsp3) is 0.571. The van der Waals surface area contributed by atoms with E-state index in [2.05, 4.69) is 13.8 Å². The van der Waals surface area contributed by atoms with Crippen molar-refractivity contribution in [3.8, 4) is 11.5 Å². The molecule has 0 aliphatic carbocycles. The van der Waals surface area contributed by atoms with Gasteiger partial charge in [0.1, 0.15) is 11.5 Å². The van der Waals surface area contributed by atoms with Gasteiger partial charge in [-0.15, -0.1) is 0 Å². The van der Waals surface area contributed by atoms with Crippen LogP contribution in [0.1, 0.15) is 39.5 Å². The van der Waals surface area contributed by atoms with Crippen LogP contribution in [-0.2, 0) is 0 Å². The molecule has 0 aliphatic rings. The highest BCUT2D eigenvalue weighted by molar-refractivity contribution is 5.31. The molecule has 0 heterocycles. The molecule has 1 atom stereocenters. The first-order chi connectivity index (χ1) is 7.76. The van der Waals surface area contributed by atoms with E-state index in [4.69, 9.17) is 9.47 Å². The monoisotopic (exact) mass is 222 g/mol. The van der Waals surface area contributed by atoms with Gasteiger partial charge >= 0.3 is 0 Å². The standard InChI is InChI=1S/C14H22O2/c1-4-5-6-7-12(2)16-14-10-8-13(15-3)9-11-14/h8-12H,4-7H2,1-3H3. The molecule has 0 aromatic heterocycles. The van der Waals surface area contributed by atoms with Crippen LogP contribution in [0.5, 0.6) is 11.5 Å². The van der Waals surface area contributed by atoms with Crippen molar-refractivity contribution in [1.82, 2.24) is 0 Å². The summed E-state index contributed by atoms with van der Waals surface area (Å²) in [6.45, 7) is 4.34. The minimum Gasteiger partial charge on any atom is -0.497 e. The molecular weight excluding hydrogens is 200 g/mol. The molecule has 0 fully saturated rings. The summed E-state index contributed by atoms with van der Waals surface area (Å²) >= 11 is 0. The lowest BCUT2D eigenvalue weighted by Gasteiger charge is -2.14. The Morgan fingerprint density at radius 2 is 1.69 bits per heavy atom. The Morgan fingerprint density at radius 1 is 1.06 bits per heavy atom. The zero-order chi connectivity index (χ0) is 11.8. The number of rotatable bonds is 7. The molecule has 0 saturated carbocycles. The van der Waals surface area contributed by atoms with Crippen LogP contribution in [0, 0.1) is 0 Å². The zero-order valence-electron chi connectivity index (χ0n) is 10.5. The molecule has 2 heteroatoms. The Hall–Kier alpha value is -1.18. The maximum atomic E-state index is 5.80. The summed E-state index contributed by atoms with van der Waals surface area (Å²) in [5.41, 5.74) is 0. The van der Waals surface area contributed by atoms with Crippen molar-refractivity contribution in [2.75, 3.05) is 7.11 Å². The number of ether oxygens (including phenoxy) is 2.